The summed E-state index contributed by atoms with van der Waals surface area (Å²) in [5.74, 6) is 0.445. The molecule has 194 valence electrons. The molecule has 36 heavy (non-hydrogen) atoms. The number of hydrazine groups is 1. The van der Waals surface area contributed by atoms with Gasteiger partial charge in [0.05, 0.1) is 23.4 Å². The maximum atomic E-state index is 12.8. The van der Waals surface area contributed by atoms with Gasteiger partial charge < -0.3 is 21.3 Å². The molecule has 0 saturated heterocycles. The second-order valence-electron chi connectivity index (χ2n) is 10.0. The number of aliphatic hydroxyl groups excluding tert-OH is 1. The largest absolute Gasteiger partial charge is 0.487 e. The van der Waals surface area contributed by atoms with Crippen molar-refractivity contribution in [3.63, 3.8) is 0 Å². The Morgan fingerprint density at radius 3 is 2.42 bits per heavy atom. The number of benzene rings is 2. The average Bonchev–Trinajstić information content (AvgIpc) is 3.37. The number of aliphatic hydroxyl groups is 1. The fourth-order valence-corrected chi connectivity index (χ4v) is 4.07. The standard InChI is InChI=1S/C27H37N5O3S/c1-27(2,3)25(29)26(34)31-32(14-20-7-5-4-6-8-20)15-24(33)23(28)13-19-9-11-22(12-10-19)35-16-21-17-36-18-30-21/h4-12,17-18,23-25,33H,13-16,28-29H2,1-3H3,(H,31,34)/t23-,24?,25?/m1/s1. The fourth-order valence-electron chi connectivity index (χ4n) is 3.53. The van der Waals surface area contributed by atoms with E-state index in [-0.39, 0.29) is 12.5 Å². The number of nitrogens with one attached hydrogen (secondary N) is 1. The Morgan fingerprint density at radius 2 is 1.81 bits per heavy atom. The van der Waals surface area contributed by atoms with E-state index in [2.05, 4.69) is 10.4 Å². The third kappa shape index (κ3) is 8.69. The van der Waals surface area contributed by atoms with E-state index in [4.69, 9.17) is 16.2 Å². The lowest BCUT2D eigenvalue weighted by molar-refractivity contribution is -0.130. The van der Waals surface area contributed by atoms with Crippen LogP contribution in [-0.4, -0.2) is 45.7 Å². The van der Waals surface area contributed by atoms with Crippen LogP contribution in [0.25, 0.3) is 0 Å². The number of nitrogens with two attached hydrogens (primary N) is 2. The first-order valence-corrected chi connectivity index (χ1v) is 12.9. The first-order valence-electron chi connectivity index (χ1n) is 12.0. The molecule has 1 aromatic heterocycles. The molecule has 2 unspecified atom stereocenters. The maximum Gasteiger partial charge on any atom is 0.251 e. The van der Waals surface area contributed by atoms with E-state index in [1.807, 2.05) is 80.7 Å². The van der Waals surface area contributed by atoms with Crippen molar-refractivity contribution in [3.8, 4) is 5.75 Å². The van der Waals surface area contributed by atoms with Crippen molar-refractivity contribution >= 4 is 17.2 Å². The summed E-state index contributed by atoms with van der Waals surface area (Å²) >= 11 is 1.53. The maximum absolute atomic E-state index is 12.8. The normalized spacial score (nSPS) is 14.3. The highest BCUT2D eigenvalue weighted by Gasteiger charge is 2.29. The molecule has 0 bridgehead atoms. The molecule has 9 heteroatoms. The minimum absolute atomic E-state index is 0.160. The van der Waals surface area contributed by atoms with Crippen LogP contribution in [0.15, 0.2) is 65.5 Å². The summed E-state index contributed by atoms with van der Waals surface area (Å²) in [6.07, 6.45) is -0.400. The van der Waals surface area contributed by atoms with Crippen LogP contribution in [0.1, 0.15) is 37.6 Å². The van der Waals surface area contributed by atoms with Crippen LogP contribution in [0.4, 0.5) is 0 Å². The molecule has 0 aliphatic heterocycles. The van der Waals surface area contributed by atoms with E-state index in [0.717, 1.165) is 22.6 Å². The lowest BCUT2D eigenvalue weighted by Crippen LogP contribution is -2.56. The molecular formula is C27H37N5O3S. The predicted molar refractivity (Wildman–Crippen MR) is 143 cm³/mol. The van der Waals surface area contributed by atoms with Gasteiger partial charge in [0.15, 0.2) is 0 Å². The Kier molecular flexibility index (Phi) is 9.98. The highest BCUT2D eigenvalue weighted by atomic mass is 32.1. The monoisotopic (exact) mass is 511 g/mol. The molecular weight excluding hydrogens is 474 g/mol. The minimum atomic E-state index is -0.875. The molecule has 3 aromatic rings. The van der Waals surface area contributed by atoms with Gasteiger partial charge in [0, 0.05) is 24.5 Å². The van der Waals surface area contributed by atoms with Gasteiger partial charge in [0.2, 0.25) is 0 Å². The van der Waals surface area contributed by atoms with Gasteiger partial charge in [-0.05, 0) is 35.1 Å². The molecule has 6 N–H and O–H groups in total. The number of amides is 1. The Balaban J connectivity index is 1.58. The van der Waals surface area contributed by atoms with Crippen molar-refractivity contribution < 1.29 is 14.6 Å². The number of hydrogen-bond donors (Lipinski definition) is 4. The van der Waals surface area contributed by atoms with Crippen molar-refractivity contribution in [1.29, 1.82) is 0 Å². The number of hydrogen-bond acceptors (Lipinski definition) is 8. The van der Waals surface area contributed by atoms with Gasteiger partial charge >= 0.3 is 0 Å². The van der Waals surface area contributed by atoms with Gasteiger partial charge in [0.25, 0.3) is 5.91 Å². The number of carbonyl (C=O) groups is 1. The predicted octanol–water partition coefficient (Wildman–Crippen LogP) is 2.86. The van der Waals surface area contributed by atoms with Crippen LogP contribution >= 0.6 is 11.3 Å². The molecule has 0 radical (unpaired) electrons. The van der Waals surface area contributed by atoms with Gasteiger partial charge in [-0.3, -0.25) is 10.2 Å². The first kappa shape index (κ1) is 27.8. The number of ether oxygens (including phenoxy) is 1. The summed E-state index contributed by atoms with van der Waals surface area (Å²) in [5, 5.41) is 14.5. The molecule has 0 saturated carbocycles. The molecule has 3 rings (SSSR count). The summed E-state index contributed by atoms with van der Waals surface area (Å²) in [4.78, 5) is 17.0. The number of nitrogens with zero attached hydrogens (tertiary/aromatic N) is 2. The van der Waals surface area contributed by atoms with Crippen LogP contribution in [0.3, 0.4) is 0 Å². The van der Waals surface area contributed by atoms with Crippen molar-refractivity contribution in [2.45, 2.75) is 58.5 Å². The molecule has 0 spiro atoms. The summed E-state index contributed by atoms with van der Waals surface area (Å²) in [5.41, 5.74) is 19.7. The number of rotatable bonds is 12. The zero-order chi connectivity index (χ0) is 26.1. The number of carbonyl (C=O) groups excluding carboxylic acids is 1. The third-order valence-electron chi connectivity index (χ3n) is 5.87. The van der Waals surface area contributed by atoms with Crippen LogP contribution in [-0.2, 0) is 24.4 Å². The average molecular weight is 512 g/mol. The van der Waals surface area contributed by atoms with Gasteiger partial charge in [-0.15, -0.1) is 11.3 Å². The smallest absolute Gasteiger partial charge is 0.251 e. The molecule has 2 aromatic carbocycles. The Bertz CT molecular complexity index is 1060. The van der Waals surface area contributed by atoms with E-state index >= 15 is 0 Å². The zero-order valence-electron chi connectivity index (χ0n) is 21.1. The van der Waals surface area contributed by atoms with Gasteiger partial charge in [-0.1, -0.05) is 63.2 Å². The minimum Gasteiger partial charge on any atom is -0.487 e. The highest BCUT2D eigenvalue weighted by Crippen LogP contribution is 2.18. The van der Waals surface area contributed by atoms with Crippen LogP contribution in [0.2, 0.25) is 0 Å². The molecule has 0 aliphatic carbocycles. The van der Waals surface area contributed by atoms with Crippen LogP contribution in [0, 0.1) is 5.41 Å². The van der Waals surface area contributed by atoms with Crippen molar-refractivity contribution in [3.05, 3.63) is 82.3 Å². The molecule has 0 aliphatic rings. The van der Waals surface area contributed by atoms with Gasteiger partial charge in [-0.2, -0.15) is 0 Å². The second kappa shape index (κ2) is 12.9. The van der Waals surface area contributed by atoms with E-state index in [1.54, 1.807) is 10.5 Å². The SMILES string of the molecule is CC(C)(C)C(N)C(=O)NN(Cc1ccccc1)CC(O)[C@H](N)Cc1ccc(OCc2cscn2)cc1. The Hall–Kier alpha value is -2.82. The Morgan fingerprint density at radius 1 is 1.11 bits per heavy atom. The quantitative estimate of drug-likeness (QED) is 0.275. The van der Waals surface area contributed by atoms with E-state index < -0.39 is 23.6 Å². The second-order valence-corrected chi connectivity index (χ2v) is 10.8. The molecule has 1 amide bonds. The summed E-state index contributed by atoms with van der Waals surface area (Å²) in [6.45, 7) is 6.74. The third-order valence-corrected chi connectivity index (χ3v) is 6.50. The zero-order valence-corrected chi connectivity index (χ0v) is 21.9. The van der Waals surface area contributed by atoms with Crippen molar-refractivity contribution in [1.82, 2.24) is 15.4 Å². The summed E-state index contributed by atoms with van der Waals surface area (Å²) in [7, 11) is 0. The fraction of sp³-hybridized carbons (Fsp3) is 0.407. The van der Waals surface area contributed by atoms with Crippen molar-refractivity contribution in [2.24, 2.45) is 16.9 Å². The topological polar surface area (TPSA) is 127 Å². The van der Waals surface area contributed by atoms with E-state index in [1.165, 1.54) is 11.3 Å². The summed E-state index contributed by atoms with van der Waals surface area (Å²) < 4.78 is 5.75. The van der Waals surface area contributed by atoms with E-state index in [9.17, 15) is 9.90 Å². The van der Waals surface area contributed by atoms with Crippen LogP contribution in [0.5, 0.6) is 5.75 Å². The van der Waals surface area contributed by atoms with E-state index in [0.29, 0.717) is 19.6 Å². The molecule has 1 heterocycles. The first-order chi connectivity index (χ1) is 17.1. The molecule has 0 fully saturated rings. The van der Waals surface area contributed by atoms with Crippen molar-refractivity contribution in [2.75, 3.05) is 6.54 Å². The van der Waals surface area contributed by atoms with Crippen LogP contribution < -0.4 is 21.6 Å². The van der Waals surface area contributed by atoms with Gasteiger partial charge in [0.1, 0.15) is 12.4 Å². The Labute approximate surface area is 217 Å². The molecule has 3 atom stereocenters. The highest BCUT2D eigenvalue weighted by molar-refractivity contribution is 7.07. The van der Waals surface area contributed by atoms with Gasteiger partial charge in [-0.25, -0.2) is 9.99 Å². The molecule has 8 nitrogen and oxygen atoms in total. The summed E-state index contributed by atoms with van der Waals surface area (Å²) in [6, 6.07) is 16.2. The lowest BCUT2D eigenvalue weighted by atomic mass is 9.87. The number of aromatic nitrogens is 1. The number of thiazole rings is 1. The lowest BCUT2D eigenvalue weighted by Gasteiger charge is -2.32.